The van der Waals surface area contributed by atoms with E-state index in [2.05, 4.69) is 37.4 Å². The van der Waals surface area contributed by atoms with Crippen molar-refractivity contribution in [3.63, 3.8) is 0 Å². The van der Waals surface area contributed by atoms with Crippen LogP contribution in [0.2, 0.25) is 0 Å². The summed E-state index contributed by atoms with van der Waals surface area (Å²) in [5.41, 5.74) is 4.46. The number of nitrogens with one attached hydrogen (secondary N) is 1. The number of rotatable bonds is 5. The lowest BCUT2D eigenvalue weighted by atomic mass is 9.87. The van der Waals surface area contributed by atoms with Crippen LogP contribution in [-0.2, 0) is 0 Å². The van der Waals surface area contributed by atoms with Gasteiger partial charge in [-0.2, -0.15) is 0 Å². The van der Waals surface area contributed by atoms with Crippen LogP contribution in [0.1, 0.15) is 41.9 Å². The van der Waals surface area contributed by atoms with Crippen LogP contribution in [0.15, 0.2) is 18.2 Å². The van der Waals surface area contributed by atoms with E-state index in [4.69, 9.17) is 0 Å². The Balaban J connectivity index is 2.19. The Hall–Kier alpha value is -0.820. The molecule has 1 aliphatic rings. The summed E-state index contributed by atoms with van der Waals surface area (Å²) in [5, 5.41) is 3.28. The standard InChI is InChI=1S/C15H23N/c1-11-4-5-12(2)15(10-11)14(8-9-16-3)13-6-7-13/h4-5,10,13-14,16H,6-9H2,1-3H3. The molecule has 0 radical (unpaired) electrons. The van der Waals surface area contributed by atoms with Gasteiger partial charge in [0, 0.05) is 0 Å². The van der Waals surface area contributed by atoms with Crippen LogP contribution < -0.4 is 5.32 Å². The summed E-state index contributed by atoms with van der Waals surface area (Å²) in [6.07, 6.45) is 4.15. The highest BCUT2D eigenvalue weighted by atomic mass is 14.8. The van der Waals surface area contributed by atoms with Gasteiger partial charge in [0.2, 0.25) is 0 Å². The van der Waals surface area contributed by atoms with Gasteiger partial charge >= 0.3 is 0 Å². The van der Waals surface area contributed by atoms with Crippen LogP contribution in [-0.4, -0.2) is 13.6 Å². The molecule has 0 aliphatic heterocycles. The molecule has 0 saturated heterocycles. The first-order valence-electron chi connectivity index (χ1n) is 6.44. The molecule has 1 aliphatic carbocycles. The first kappa shape index (κ1) is 11.7. The molecule has 1 saturated carbocycles. The molecule has 1 N–H and O–H groups in total. The third kappa shape index (κ3) is 2.65. The molecule has 0 bridgehead atoms. The monoisotopic (exact) mass is 217 g/mol. The summed E-state index contributed by atoms with van der Waals surface area (Å²) in [4.78, 5) is 0. The Morgan fingerprint density at radius 3 is 2.69 bits per heavy atom. The minimum absolute atomic E-state index is 0.785. The Morgan fingerprint density at radius 2 is 2.06 bits per heavy atom. The average Bonchev–Trinajstić information content (AvgIpc) is 3.08. The molecule has 16 heavy (non-hydrogen) atoms. The van der Waals surface area contributed by atoms with Crippen molar-refractivity contribution >= 4 is 0 Å². The van der Waals surface area contributed by atoms with Crippen LogP contribution in [0, 0.1) is 19.8 Å². The van der Waals surface area contributed by atoms with E-state index in [1.807, 2.05) is 7.05 Å². The zero-order valence-electron chi connectivity index (χ0n) is 10.7. The summed E-state index contributed by atoms with van der Waals surface area (Å²) < 4.78 is 0. The number of hydrogen-bond acceptors (Lipinski definition) is 1. The van der Waals surface area contributed by atoms with E-state index in [9.17, 15) is 0 Å². The maximum Gasteiger partial charge on any atom is -0.00460 e. The predicted molar refractivity (Wildman–Crippen MR) is 69.9 cm³/mol. The lowest BCUT2D eigenvalue weighted by molar-refractivity contribution is 0.538. The highest BCUT2D eigenvalue weighted by molar-refractivity contribution is 5.34. The molecule has 88 valence electrons. The Labute approximate surface area is 99.3 Å². The van der Waals surface area contributed by atoms with Gasteiger partial charge in [-0.25, -0.2) is 0 Å². The van der Waals surface area contributed by atoms with Gasteiger partial charge in [-0.1, -0.05) is 23.8 Å². The van der Waals surface area contributed by atoms with E-state index >= 15 is 0 Å². The van der Waals surface area contributed by atoms with Crippen LogP contribution in [0.3, 0.4) is 0 Å². The second-order valence-corrected chi connectivity index (χ2v) is 5.20. The molecular formula is C15H23N. The topological polar surface area (TPSA) is 12.0 Å². The van der Waals surface area contributed by atoms with Crippen molar-refractivity contribution in [2.45, 2.75) is 39.0 Å². The van der Waals surface area contributed by atoms with Gasteiger partial charge in [0.15, 0.2) is 0 Å². The zero-order chi connectivity index (χ0) is 11.5. The minimum Gasteiger partial charge on any atom is -0.320 e. The molecule has 1 heteroatoms. The van der Waals surface area contributed by atoms with E-state index in [1.54, 1.807) is 5.56 Å². The Bertz CT molecular complexity index is 352. The van der Waals surface area contributed by atoms with Crippen LogP contribution in [0.25, 0.3) is 0 Å². The smallest absolute Gasteiger partial charge is 0.00460 e. The lowest BCUT2D eigenvalue weighted by Crippen LogP contribution is -2.14. The molecule has 1 fully saturated rings. The molecule has 1 unspecified atom stereocenters. The molecule has 0 amide bonds. The highest BCUT2D eigenvalue weighted by Gasteiger charge is 2.32. The molecular weight excluding hydrogens is 194 g/mol. The molecule has 2 rings (SSSR count). The first-order chi connectivity index (χ1) is 7.72. The molecule has 0 spiro atoms. The van der Waals surface area contributed by atoms with Gasteiger partial charge in [0.05, 0.1) is 0 Å². The fourth-order valence-corrected chi connectivity index (χ4v) is 2.60. The van der Waals surface area contributed by atoms with Gasteiger partial charge in [-0.3, -0.25) is 0 Å². The molecule has 1 aromatic carbocycles. The van der Waals surface area contributed by atoms with Crippen molar-refractivity contribution in [2.24, 2.45) is 5.92 Å². The molecule has 1 nitrogen and oxygen atoms in total. The van der Waals surface area contributed by atoms with Crippen molar-refractivity contribution < 1.29 is 0 Å². The maximum atomic E-state index is 3.28. The maximum absolute atomic E-state index is 3.28. The normalized spacial score (nSPS) is 17.4. The van der Waals surface area contributed by atoms with Crippen molar-refractivity contribution in [2.75, 3.05) is 13.6 Å². The Morgan fingerprint density at radius 1 is 1.31 bits per heavy atom. The fraction of sp³-hybridized carbons (Fsp3) is 0.600. The fourth-order valence-electron chi connectivity index (χ4n) is 2.60. The molecule has 0 heterocycles. The van der Waals surface area contributed by atoms with Crippen LogP contribution in [0.5, 0.6) is 0 Å². The molecule has 0 aromatic heterocycles. The minimum atomic E-state index is 0.785. The lowest BCUT2D eigenvalue weighted by Gasteiger charge is -2.19. The summed E-state index contributed by atoms with van der Waals surface area (Å²) in [7, 11) is 2.05. The van der Waals surface area contributed by atoms with E-state index in [0.717, 1.165) is 18.4 Å². The summed E-state index contributed by atoms with van der Waals surface area (Å²) in [5.74, 6) is 1.74. The third-order valence-electron chi connectivity index (χ3n) is 3.73. The van der Waals surface area contributed by atoms with E-state index < -0.39 is 0 Å². The number of benzene rings is 1. The van der Waals surface area contributed by atoms with Crippen LogP contribution >= 0.6 is 0 Å². The second-order valence-electron chi connectivity index (χ2n) is 5.20. The number of aryl methyl sites for hydroxylation is 2. The van der Waals surface area contributed by atoms with Crippen molar-refractivity contribution in [3.8, 4) is 0 Å². The SMILES string of the molecule is CNCCC(c1cc(C)ccc1C)C1CC1. The van der Waals surface area contributed by atoms with Gasteiger partial charge in [0.1, 0.15) is 0 Å². The van der Waals surface area contributed by atoms with Gasteiger partial charge < -0.3 is 5.32 Å². The Kier molecular flexibility index (Phi) is 3.65. The van der Waals surface area contributed by atoms with Gasteiger partial charge in [-0.05, 0) is 69.7 Å². The van der Waals surface area contributed by atoms with Crippen molar-refractivity contribution in [1.29, 1.82) is 0 Å². The number of hydrogen-bond donors (Lipinski definition) is 1. The van der Waals surface area contributed by atoms with Gasteiger partial charge in [-0.15, -0.1) is 0 Å². The van der Waals surface area contributed by atoms with Crippen molar-refractivity contribution in [1.82, 2.24) is 5.32 Å². The molecule has 1 aromatic rings. The van der Waals surface area contributed by atoms with Crippen LogP contribution in [0.4, 0.5) is 0 Å². The second kappa shape index (κ2) is 5.01. The first-order valence-corrected chi connectivity index (χ1v) is 6.44. The summed E-state index contributed by atoms with van der Waals surface area (Å²) in [6, 6.07) is 6.90. The summed E-state index contributed by atoms with van der Waals surface area (Å²) >= 11 is 0. The van der Waals surface area contributed by atoms with E-state index in [-0.39, 0.29) is 0 Å². The van der Waals surface area contributed by atoms with E-state index in [0.29, 0.717) is 0 Å². The van der Waals surface area contributed by atoms with E-state index in [1.165, 1.54) is 30.4 Å². The quantitative estimate of drug-likeness (QED) is 0.797. The predicted octanol–water partition coefficient (Wildman–Crippen LogP) is 3.41. The largest absolute Gasteiger partial charge is 0.320 e. The zero-order valence-corrected chi connectivity index (χ0v) is 10.7. The average molecular weight is 217 g/mol. The third-order valence-corrected chi connectivity index (χ3v) is 3.73. The van der Waals surface area contributed by atoms with Crippen molar-refractivity contribution in [3.05, 3.63) is 34.9 Å². The summed E-state index contributed by atoms with van der Waals surface area (Å²) in [6.45, 7) is 5.59. The highest BCUT2D eigenvalue weighted by Crippen LogP contribution is 2.45. The molecule has 1 atom stereocenters. The van der Waals surface area contributed by atoms with Gasteiger partial charge in [0.25, 0.3) is 0 Å².